The number of nitrogens with zero attached hydrogens (tertiary/aromatic N) is 1. The van der Waals surface area contributed by atoms with Gasteiger partial charge in [0, 0.05) is 17.1 Å². The number of fused-ring (bicyclic) bond motifs is 16. The zero-order valence-electron chi connectivity index (χ0n) is 45.2. The van der Waals surface area contributed by atoms with Gasteiger partial charge in [0.2, 0.25) is 0 Å². The minimum Gasteiger partial charge on any atom is -0.310 e. The molecule has 0 aliphatic heterocycles. The van der Waals surface area contributed by atoms with E-state index in [-0.39, 0.29) is 0 Å². The first-order chi connectivity index (χ1) is 40.7. The third-order valence-electron chi connectivity index (χ3n) is 18.3. The molecule has 82 heavy (non-hydrogen) atoms. The second kappa shape index (κ2) is 19.0. The van der Waals surface area contributed by atoms with Gasteiger partial charge in [0.15, 0.2) is 8.07 Å². The van der Waals surface area contributed by atoms with Crippen LogP contribution < -0.4 is 25.6 Å². The predicted octanol–water partition coefficient (Wildman–Crippen LogP) is 16.9. The summed E-state index contributed by atoms with van der Waals surface area (Å²) in [5.41, 5.74) is 22.9. The van der Waals surface area contributed by atoms with Crippen LogP contribution in [0.3, 0.4) is 0 Å². The van der Waals surface area contributed by atoms with Crippen LogP contribution in [0.4, 0.5) is 17.1 Å². The van der Waals surface area contributed by atoms with Crippen molar-refractivity contribution >= 4 is 45.9 Å². The van der Waals surface area contributed by atoms with Crippen molar-refractivity contribution in [1.29, 1.82) is 0 Å². The monoisotopic (exact) mass is 1060 g/mol. The molecule has 0 saturated heterocycles. The number of hydrogen-bond acceptors (Lipinski definition) is 1. The molecule has 0 saturated carbocycles. The molecule has 0 aromatic heterocycles. The molecule has 2 spiro atoms. The molecule has 0 heterocycles. The highest BCUT2D eigenvalue weighted by molar-refractivity contribution is 7.19. The maximum Gasteiger partial charge on any atom is 0.179 e. The SMILES string of the molecule is c1ccc(N(c2ccc(-c3ccc4c(c3)C3(c5ccccc5-4)c4ccccc4C4(c5ccccc5-c5ccccc54)c4ccccc43)cc2)c2cccc(-c3ccc([Si](c4ccccc4)(c4ccccc4)c4ccccc4)cc3)c2)cc1. The standard InChI is InChI=1S/C80H55NSi/c1-5-25-60(26-6-1)81(62-27-23-24-58(54-62)57-46-51-66(52-47-57)82(63-28-7-2-8-29-63,64-30-9-3-10-31-64)65-32-11-4-12-33-65)61-49-44-56(45-50-61)59-48-53-70-69-36-15-18-39-73(69)80(78(70)55-59)76-42-21-19-40-74(76)79(75-41-20-22-43-77(75)80)71-37-16-13-34-67(71)68-35-14-17-38-72(68)79/h1-55H. The van der Waals surface area contributed by atoms with E-state index in [1.165, 1.54) is 110 Å². The number of rotatable bonds is 9. The molecule has 0 bridgehead atoms. The van der Waals surface area contributed by atoms with Gasteiger partial charge in [-0.2, -0.15) is 0 Å². The van der Waals surface area contributed by atoms with Gasteiger partial charge in [-0.05, 0) is 152 Å². The quantitative estimate of drug-likeness (QED) is 0.103. The normalized spacial score (nSPS) is 13.6. The van der Waals surface area contributed by atoms with Crippen LogP contribution in [-0.2, 0) is 10.8 Å². The van der Waals surface area contributed by atoms with Gasteiger partial charge in [0.25, 0.3) is 0 Å². The zero-order valence-corrected chi connectivity index (χ0v) is 46.2. The van der Waals surface area contributed by atoms with Crippen LogP contribution in [0.2, 0.25) is 0 Å². The van der Waals surface area contributed by atoms with Crippen LogP contribution in [0.1, 0.15) is 44.5 Å². The van der Waals surface area contributed by atoms with E-state index in [0.29, 0.717) is 0 Å². The Labute approximate surface area is 481 Å². The van der Waals surface area contributed by atoms with Crippen LogP contribution >= 0.6 is 0 Å². The van der Waals surface area contributed by atoms with Crippen molar-refractivity contribution in [2.24, 2.45) is 0 Å². The van der Waals surface area contributed by atoms with Crippen molar-refractivity contribution in [2.75, 3.05) is 4.90 Å². The number of anilines is 3. The fraction of sp³-hybridized carbons (Fsp3) is 0.0250. The van der Waals surface area contributed by atoms with Crippen LogP contribution in [0.25, 0.3) is 44.5 Å². The fourth-order valence-corrected chi connectivity index (χ4v) is 19.8. The van der Waals surface area contributed by atoms with E-state index in [1.54, 1.807) is 0 Å². The van der Waals surface area contributed by atoms with Gasteiger partial charge >= 0.3 is 0 Å². The molecular weight excluding hydrogens is 1000 g/mol. The lowest BCUT2D eigenvalue weighted by atomic mass is 9.52. The number of benzene rings is 13. The molecule has 0 atom stereocenters. The van der Waals surface area contributed by atoms with Gasteiger partial charge in [-0.1, -0.05) is 291 Å². The zero-order chi connectivity index (χ0) is 54.2. The summed E-state index contributed by atoms with van der Waals surface area (Å²) >= 11 is 0. The molecule has 0 N–H and O–H groups in total. The topological polar surface area (TPSA) is 3.24 Å². The second-order valence-corrected chi connectivity index (χ2v) is 26.0. The number of hydrogen-bond donors (Lipinski definition) is 0. The lowest BCUT2D eigenvalue weighted by Crippen LogP contribution is -2.74. The number of para-hydroxylation sites is 1. The van der Waals surface area contributed by atoms with Gasteiger partial charge in [-0.25, -0.2) is 0 Å². The molecule has 0 fully saturated rings. The Morgan fingerprint density at radius 2 is 0.512 bits per heavy atom. The Morgan fingerprint density at radius 3 is 0.976 bits per heavy atom. The molecule has 384 valence electrons. The molecular formula is C80H55NSi. The van der Waals surface area contributed by atoms with Crippen molar-refractivity contribution in [3.8, 4) is 44.5 Å². The van der Waals surface area contributed by atoms with Gasteiger partial charge < -0.3 is 4.90 Å². The molecule has 1 nitrogen and oxygen atoms in total. The van der Waals surface area contributed by atoms with E-state index in [1.807, 2.05) is 0 Å². The summed E-state index contributed by atoms with van der Waals surface area (Å²) < 4.78 is 0. The largest absolute Gasteiger partial charge is 0.310 e. The molecule has 16 rings (SSSR count). The lowest BCUT2D eigenvalue weighted by Gasteiger charge is -2.48. The molecule has 0 unspecified atom stereocenters. The van der Waals surface area contributed by atoms with Gasteiger partial charge in [0.05, 0.1) is 10.8 Å². The van der Waals surface area contributed by atoms with Crippen molar-refractivity contribution in [3.05, 3.63) is 378 Å². The maximum atomic E-state index is 2.52. The minimum atomic E-state index is -2.66. The summed E-state index contributed by atoms with van der Waals surface area (Å²) in [6.45, 7) is 0. The summed E-state index contributed by atoms with van der Waals surface area (Å²) in [7, 11) is -2.66. The smallest absolute Gasteiger partial charge is 0.179 e. The predicted molar refractivity (Wildman–Crippen MR) is 344 cm³/mol. The Kier molecular flexibility index (Phi) is 11.1. The van der Waals surface area contributed by atoms with Gasteiger partial charge in [0.1, 0.15) is 0 Å². The third kappa shape index (κ3) is 6.86. The van der Waals surface area contributed by atoms with E-state index in [2.05, 4.69) is 339 Å². The molecule has 0 radical (unpaired) electrons. The highest BCUT2D eigenvalue weighted by atomic mass is 28.3. The third-order valence-corrected chi connectivity index (χ3v) is 23.1. The summed E-state index contributed by atoms with van der Waals surface area (Å²) in [5.74, 6) is 0. The van der Waals surface area contributed by atoms with Crippen LogP contribution in [0, 0.1) is 0 Å². The van der Waals surface area contributed by atoms with Crippen molar-refractivity contribution in [1.82, 2.24) is 0 Å². The molecule has 0 amide bonds. The van der Waals surface area contributed by atoms with E-state index < -0.39 is 18.9 Å². The molecule has 3 aliphatic carbocycles. The maximum absolute atomic E-state index is 2.66. The second-order valence-electron chi connectivity index (χ2n) is 22.2. The van der Waals surface area contributed by atoms with Crippen LogP contribution in [0.5, 0.6) is 0 Å². The Hall–Kier alpha value is -10.1. The van der Waals surface area contributed by atoms with Gasteiger partial charge in [-0.15, -0.1) is 0 Å². The highest BCUT2D eigenvalue weighted by Gasteiger charge is 2.59. The van der Waals surface area contributed by atoms with Crippen molar-refractivity contribution < 1.29 is 0 Å². The molecule has 13 aromatic carbocycles. The Morgan fingerprint density at radius 1 is 0.195 bits per heavy atom. The lowest BCUT2D eigenvalue weighted by molar-refractivity contribution is 0.633. The molecule has 3 aliphatic rings. The van der Waals surface area contributed by atoms with Crippen LogP contribution in [-0.4, -0.2) is 8.07 Å². The van der Waals surface area contributed by atoms with Crippen molar-refractivity contribution in [2.45, 2.75) is 10.8 Å². The highest BCUT2D eigenvalue weighted by Crippen LogP contribution is 2.67. The fourth-order valence-electron chi connectivity index (χ4n) is 15.0. The average molecular weight is 1060 g/mol. The molecule has 13 aromatic rings. The van der Waals surface area contributed by atoms with E-state index >= 15 is 0 Å². The summed E-state index contributed by atoms with van der Waals surface area (Å²) in [6.07, 6.45) is 0. The summed E-state index contributed by atoms with van der Waals surface area (Å²) in [5, 5.41) is 5.46. The van der Waals surface area contributed by atoms with E-state index in [9.17, 15) is 0 Å². The average Bonchev–Trinajstić information content (AvgIpc) is 1.78. The summed E-state index contributed by atoms with van der Waals surface area (Å²) in [4.78, 5) is 2.39. The Balaban J connectivity index is 0.795. The molecule has 2 heteroatoms. The summed E-state index contributed by atoms with van der Waals surface area (Å²) in [6, 6.07) is 125. The van der Waals surface area contributed by atoms with E-state index in [0.717, 1.165) is 17.1 Å². The Bertz CT molecular complexity index is 4360. The first-order valence-electron chi connectivity index (χ1n) is 28.7. The first-order valence-corrected chi connectivity index (χ1v) is 30.7. The van der Waals surface area contributed by atoms with Crippen LogP contribution in [0.15, 0.2) is 334 Å². The first kappa shape index (κ1) is 47.8. The van der Waals surface area contributed by atoms with Crippen molar-refractivity contribution in [3.63, 3.8) is 0 Å². The minimum absolute atomic E-state index is 0.479. The van der Waals surface area contributed by atoms with E-state index in [4.69, 9.17) is 0 Å². The van der Waals surface area contributed by atoms with Gasteiger partial charge in [-0.3, -0.25) is 0 Å².